The number of thioether (sulfide) groups is 1. The van der Waals surface area contributed by atoms with Crippen LogP contribution in [0.3, 0.4) is 0 Å². The first kappa shape index (κ1) is 26.4. The SMILES string of the molecule is Cc1ccccc1-n1nc(C(C)(C)C)c2c1N(CC(=O)N1CCOCC1)C(=O)CS[C@@H]2c1ccccc1F. The second kappa shape index (κ2) is 10.5. The van der Waals surface area contributed by atoms with Gasteiger partial charge in [0.25, 0.3) is 0 Å². The fourth-order valence-corrected chi connectivity index (χ4v) is 6.24. The van der Waals surface area contributed by atoms with Crippen molar-refractivity contribution in [1.82, 2.24) is 14.7 Å². The first-order valence-electron chi connectivity index (χ1n) is 12.9. The molecule has 1 fully saturated rings. The van der Waals surface area contributed by atoms with Crippen molar-refractivity contribution in [1.29, 1.82) is 0 Å². The van der Waals surface area contributed by atoms with Gasteiger partial charge in [-0.05, 0) is 24.6 Å². The maximum absolute atomic E-state index is 15.3. The summed E-state index contributed by atoms with van der Waals surface area (Å²) >= 11 is 1.38. The lowest BCUT2D eigenvalue weighted by atomic mass is 9.87. The molecule has 7 nitrogen and oxygen atoms in total. The summed E-state index contributed by atoms with van der Waals surface area (Å²) in [4.78, 5) is 30.5. The smallest absolute Gasteiger partial charge is 0.242 e. The van der Waals surface area contributed by atoms with Crippen LogP contribution in [-0.2, 0) is 19.7 Å². The molecule has 1 saturated heterocycles. The largest absolute Gasteiger partial charge is 0.378 e. The average molecular weight is 537 g/mol. The molecule has 9 heteroatoms. The number of aryl methyl sites for hydroxylation is 1. The molecule has 200 valence electrons. The maximum Gasteiger partial charge on any atom is 0.242 e. The number of amides is 2. The van der Waals surface area contributed by atoms with E-state index in [1.54, 1.807) is 26.6 Å². The van der Waals surface area contributed by atoms with E-state index in [0.717, 1.165) is 22.5 Å². The zero-order valence-corrected chi connectivity index (χ0v) is 23.1. The standard InChI is InChI=1S/C29H33FN4O3S/c1-19-9-5-8-12-22(19)34-28-25(27(31-34)29(2,3)4)26(20-10-6-7-11-21(20)30)38-18-24(36)33(28)17-23(35)32-13-15-37-16-14-32/h5-12,26H,13-18H2,1-4H3/t26-/m1/s1. The monoisotopic (exact) mass is 536 g/mol. The number of hydrogen-bond donors (Lipinski definition) is 0. The summed E-state index contributed by atoms with van der Waals surface area (Å²) in [6.07, 6.45) is 0. The van der Waals surface area contributed by atoms with Gasteiger partial charge in [-0.1, -0.05) is 57.2 Å². The maximum atomic E-state index is 15.3. The van der Waals surface area contributed by atoms with E-state index < -0.39 is 10.7 Å². The van der Waals surface area contributed by atoms with Gasteiger partial charge in [0, 0.05) is 29.6 Å². The van der Waals surface area contributed by atoms with Gasteiger partial charge in [0.2, 0.25) is 11.8 Å². The molecule has 0 saturated carbocycles. The number of nitrogens with zero attached hydrogens (tertiary/aromatic N) is 4. The summed E-state index contributed by atoms with van der Waals surface area (Å²) < 4.78 is 22.5. The fraction of sp³-hybridized carbons (Fsp3) is 0.414. The molecule has 1 atom stereocenters. The molecule has 2 aromatic carbocycles. The van der Waals surface area contributed by atoms with Gasteiger partial charge in [0.1, 0.15) is 18.2 Å². The van der Waals surface area contributed by atoms with Crippen molar-refractivity contribution in [3.05, 3.63) is 76.7 Å². The number of morpholine rings is 1. The van der Waals surface area contributed by atoms with Gasteiger partial charge in [-0.15, -0.1) is 11.8 Å². The van der Waals surface area contributed by atoms with Crippen molar-refractivity contribution in [2.75, 3.05) is 43.5 Å². The number of benzene rings is 2. The molecule has 2 aliphatic heterocycles. The van der Waals surface area contributed by atoms with Gasteiger partial charge in [0.05, 0.1) is 35.6 Å². The van der Waals surface area contributed by atoms with Crippen LogP contribution in [0.15, 0.2) is 48.5 Å². The number of carbonyl (C=O) groups excluding carboxylic acids is 2. The van der Waals surface area contributed by atoms with Gasteiger partial charge in [-0.2, -0.15) is 5.10 Å². The molecule has 2 aliphatic rings. The van der Waals surface area contributed by atoms with E-state index in [1.807, 2.05) is 37.3 Å². The van der Waals surface area contributed by atoms with E-state index in [4.69, 9.17) is 9.84 Å². The third kappa shape index (κ3) is 4.97. The van der Waals surface area contributed by atoms with Gasteiger partial charge in [-0.25, -0.2) is 9.07 Å². The van der Waals surface area contributed by atoms with Crippen LogP contribution in [0.25, 0.3) is 5.69 Å². The predicted molar refractivity (Wildman–Crippen MR) is 147 cm³/mol. The predicted octanol–water partition coefficient (Wildman–Crippen LogP) is 4.65. The summed E-state index contributed by atoms with van der Waals surface area (Å²) in [5.74, 6) is -0.0240. The molecule has 3 heterocycles. The number of carbonyl (C=O) groups is 2. The first-order valence-corrected chi connectivity index (χ1v) is 13.9. The Hall–Kier alpha value is -3.17. The summed E-state index contributed by atoms with van der Waals surface area (Å²) in [5.41, 5.74) is 3.43. The zero-order chi connectivity index (χ0) is 27.0. The van der Waals surface area contributed by atoms with Crippen LogP contribution in [0.5, 0.6) is 0 Å². The lowest BCUT2D eigenvalue weighted by Crippen LogP contribution is -2.48. The van der Waals surface area contributed by atoms with Crippen molar-refractivity contribution in [3.8, 4) is 5.69 Å². The summed E-state index contributed by atoms with van der Waals surface area (Å²) in [6.45, 7) is 10.0. The average Bonchev–Trinajstić information content (AvgIpc) is 3.23. The van der Waals surface area contributed by atoms with E-state index in [1.165, 1.54) is 17.8 Å². The van der Waals surface area contributed by atoms with E-state index in [-0.39, 0.29) is 29.9 Å². The number of rotatable bonds is 4. The molecule has 5 rings (SSSR count). The van der Waals surface area contributed by atoms with Crippen LogP contribution < -0.4 is 4.90 Å². The number of anilines is 1. The van der Waals surface area contributed by atoms with Crippen LogP contribution in [-0.4, -0.2) is 65.1 Å². The number of halogens is 1. The van der Waals surface area contributed by atoms with Crippen LogP contribution in [0.2, 0.25) is 0 Å². The lowest BCUT2D eigenvalue weighted by molar-refractivity contribution is -0.134. The van der Waals surface area contributed by atoms with Crippen molar-refractivity contribution in [2.24, 2.45) is 0 Å². The summed E-state index contributed by atoms with van der Waals surface area (Å²) in [6, 6.07) is 14.5. The van der Waals surface area contributed by atoms with Gasteiger partial charge in [0.15, 0.2) is 0 Å². The Labute approximate surface area is 226 Å². The molecule has 3 aromatic rings. The second-order valence-electron chi connectivity index (χ2n) is 10.7. The van der Waals surface area contributed by atoms with E-state index >= 15 is 4.39 Å². The Morgan fingerprint density at radius 2 is 1.79 bits per heavy atom. The van der Waals surface area contributed by atoms with Crippen molar-refractivity contribution in [2.45, 2.75) is 38.4 Å². The Bertz CT molecular complexity index is 1360. The minimum absolute atomic E-state index is 0.113. The molecule has 2 amide bonds. The number of fused-ring (bicyclic) bond motifs is 1. The third-order valence-electron chi connectivity index (χ3n) is 6.99. The van der Waals surface area contributed by atoms with E-state index in [0.29, 0.717) is 37.7 Å². The first-order chi connectivity index (χ1) is 18.2. The molecule has 0 radical (unpaired) electrons. The molecule has 38 heavy (non-hydrogen) atoms. The molecular weight excluding hydrogens is 503 g/mol. The third-order valence-corrected chi connectivity index (χ3v) is 8.22. The highest BCUT2D eigenvalue weighted by atomic mass is 32.2. The van der Waals surface area contributed by atoms with E-state index in [9.17, 15) is 9.59 Å². The van der Waals surface area contributed by atoms with Gasteiger partial charge < -0.3 is 9.64 Å². The van der Waals surface area contributed by atoms with Crippen molar-refractivity contribution < 1.29 is 18.7 Å². The quantitative estimate of drug-likeness (QED) is 0.486. The van der Waals surface area contributed by atoms with Crippen molar-refractivity contribution in [3.63, 3.8) is 0 Å². The second-order valence-corrected chi connectivity index (χ2v) is 11.8. The normalized spacial score (nSPS) is 18.3. The highest BCUT2D eigenvalue weighted by Gasteiger charge is 2.41. The van der Waals surface area contributed by atoms with Gasteiger partial charge >= 0.3 is 0 Å². The molecule has 1 aromatic heterocycles. The Kier molecular flexibility index (Phi) is 7.33. The highest BCUT2D eigenvalue weighted by molar-refractivity contribution is 8.00. The fourth-order valence-electron chi connectivity index (χ4n) is 5.02. The minimum atomic E-state index is -0.467. The van der Waals surface area contributed by atoms with Crippen LogP contribution in [0, 0.1) is 12.7 Å². The van der Waals surface area contributed by atoms with Crippen LogP contribution in [0.4, 0.5) is 10.2 Å². The summed E-state index contributed by atoms with van der Waals surface area (Å²) in [7, 11) is 0. The topological polar surface area (TPSA) is 67.7 Å². The summed E-state index contributed by atoms with van der Waals surface area (Å²) in [5, 5.41) is 4.62. The molecule has 0 spiro atoms. The number of para-hydroxylation sites is 1. The Morgan fingerprint density at radius 3 is 2.47 bits per heavy atom. The highest BCUT2D eigenvalue weighted by Crippen LogP contribution is 2.49. The zero-order valence-electron chi connectivity index (χ0n) is 22.2. The molecule has 0 bridgehead atoms. The molecule has 0 unspecified atom stereocenters. The molecule has 0 aliphatic carbocycles. The molecular formula is C29H33FN4O3S. The van der Waals surface area contributed by atoms with Crippen LogP contribution >= 0.6 is 11.8 Å². The van der Waals surface area contributed by atoms with E-state index in [2.05, 4.69) is 20.8 Å². The molecule has 0 N–H and O–H groups in total. The number of aromatic nitrogens is 2. The van der Waals surface area contributed by atoms with Gasteiger partial charge in [-0.3, -0.25) is 14.5 Å². The Morgan fingerprint density at radius 1 is 1.11 bits per heavy atom. The number of ether oxygens (including phenoxy) is 1. The number of hydrogen-bond acceptors (Lipinski definition) is 5. The Balaban J connectivity index is 1.75. The lowest BCUT2D eigenvalue weighted by Gasteiger charge is -2.30. The van der Waals surface area contributed by atoms with Crippen molar-refractivity contribution >= 4 is 29.4 Å². The van der Waals surface area contributed by atoms with Crippen LogP contribution in [0.1, 0.15) is 48.4 Å². The minimum Gasteiger partial charge on any atom is -0.378 e.